The van der Waals surface area contributed by atoms with E-state index in [2.05, 4.69) is 33.3 Å². The maximum Gasteiger partial charge on any atom is 0.0110 e. The first-order valence-electron chi connectivity index (χ1n) is 3.24. The average molecular weight is 178 g/mol. The normalized spacial score (nSPS) is 32.0. The molecular weight excluding hydrogens is 168 g/mol. The van der Waals surface area contributed by atoms with E-state index in [4.69, 9.17) is 0 Å². The molecule has 0 aliphatic carbocycles. The highest BCUT2D eigenvalue weighted by Crippen LogP contribution is 2.50. The van der Waals surface area contributed by atoms with E-state index >= 15 is 0 Å². The fourth-order valence-electron chi connectivity index (χ4n) is 1.25. The van der Waals surface area contributed by atoms with Gasteiger partial charge < -0.3 is 0 Å². The molecule has 2 saturated heterocycles. The molecule has 3 heteroatoms. The summed E-state index contributed by atoms with van der Waals surface area (Å²) in [7, 11) is 4.15. The van der Waals surface area contributed by atoms with E-state index in [1.165, 1.54) is 29.4 Å². The number of rotatable bonds is 0. The molecule has 0 radical (unpaired) electrons. The SMILES string of the molecule is C1CC2(CS1)CSSC2. The molecule has 2 aliphatic rings. The molecule has 2 fully saturated rings. The highest BCUT2D eigenvalue weighted by atomic mass is 33.1. The van der Waals surface area contributed by atoms with Crippen LogP contribution >= 0.6 is 33.3 Å². The quantitative estimate of drug-likeness (QED) is 0.523. The third-order valence-electron chi connectivity index (χ3n) is 2.00. The van der Waals surface area contributed by atoms with Gasteiger partial charge in [-0.15, -0.1) is 0 Å². The third kappa shape index (κ3) is 1.24. The van der Waals surface area contributed by atoms with Gasteiger partial charge in [-0.1, -0.05) is 21.6 Å². The maximum absolute atomic E-state index is 2.14. The van der Waals surface area contributed by atoms with E-state index in [1.54, 1.807) is 0 Å². The molecular formula is C6H10S3. The van der Waals surface area contributed by atoms with Crippen LogP contribution in [0.1, 0.15) is 6.42 Å². The molecule has 52 valence electrons. The van der Waals surface area contributed by atoms with E-state index in [0.29, 0.717) is 0 Å². The molecule has 0 saturated carbocycles. The van der Waals surface area contributed by atoms with Crippen LogP contribution in [0.25, 0.3) is 0 Å². The van der Waals surface area contributed by atoms with Crippen molar-refractivity contribution in [2.75, 3.05) is 23.0 Å². The van der Waals surface area contributed by atoms with Crippen LogP contribution in [0.2, 0.25) is 0 Å². The van der Waals surface area contributed by atoms with Gasteiger partial charge in [0.25, 0.3) is 0 Å². The molecule has 0 aromatic carbocycles. The summed E-state index contributed by atoms with van der Waals surface area (Å²) < 4.78 is 0. The van der Waals surface area contributed by atoms with Crippen LogP contribution in [0.5, 0.6) is 0 Å². The molecule has 1 spiro atoms. The van der Waals surface area contributed by atoms with Crippen LogP contribution in [0.4, 0.5) is 0 Å². The Morgan fingerprint density at radius 1 is 1.00 bits per heavy atom. The molecule has 0 bridgehead atoms. The summed E-state index contributed by atoms with van der Waals surface area (Å²) in [4.78, 5) is 0. The summed E-state index contributed by atoms with van der Waals surface area (Å²) in [5.41, 5.74) is 0.778. The lowest BCUT2D eigenvalue weighted by Gasteiger charge is -2.17. The standard InChI is InChI=1S/C6H10S3/c1-2-7-3-6(1)4-8-9-5-6/h1-5H2. The van der Waals surface area contributed by atoms with Crippen molar-refractivity contribution in [3.05, 3.63) is 0 Å². The van der Waals surface area contributed by atoms with E-state index in [0.717, 1.165) is 5.41 Å². The lowest BCUT2D eigenvalue weighted by atomic mass is 9.93. The smallest absolute Gasteiger partial charge is 0.0110 e. The van der Waals surface area contributed by atoms with Gasteiger partial charge in [0.05, 0.1) is 0 Å². The highest BCUT2D eigenvalue weighted by molar-refractivity contribution is 8.77. The second kappa shape index (κ2) is 2.59. The molecule has 2 rings (SSSR count). The molecule has 2 aliphatic heterocycles. The largest absolute Gasteiger partial charge is 0.161 e. The summed E-state index contributed by atoms with van der Waals surface area (Å²) in [5, 5.41) is 0. The van der Waals surface area contributed by atoms with Crippen molar-refractivity contribution >= 4 is 33.3 Å². The van der Waals surface area contributed by atoms with Gasteiger partial charge in [-0.25, -0.2) is 0 Å². The Hall–Kier alpha value is 1.05. The second-order valence-corrected chi connectivity index (χ2v) is 6.40. The summed E-state index contributed by atoms with van der Waals surface area (Å²) in [5.74, 6) is 5.70. The zero-order valence-electron chi connectivity index (χ0n) is 5.26. The molecule has 0 nitrogen and oxygen atoms in total. The van der Waals surface area contributed by atoms with Crippen LogP contribution in [-0.2, 0) is 0 Å². The van der Waals surface area contributed by atoms with Gasteiger partial charge in [0.15, 0.2) is 0 Å². The van der Waals surface area contributed by atoms with Gasteiger partial charge in [0, 0.05) is 17.3 Å². The first kappa shape index (κ1) is 6.74. The predicted molar refractivity (Wildman–Crippen MR) is 49.3 cm³/mol. The van der Waals surface area contributed by atoms with E-state index in [9.17, 15) is 0 Å². The Bertz CT molecular complexity index is 83.4. The molecule has 0 aromatic heterocycles. The molecule has 0 aromatic rings. The summed E-state index contributed by atoms with van der Waals surface area (Å²) in [6.07, 6.45) is 1.48. The Kier molecular flexibility index (Phi) is 1.94. The van der Waals surface area contributed by atoms with Gasteiger partial charge >= 0.3 is 0 Å². The van der Waals surface area contributed by atoms with E-state index in [1.807, 2.05) is 0 Å². The Morgan fingerprint density at radius 3 is 2.33 bits per heavy atom. The molecule has 0 amide bonds. The zero-order chi connectivity index (χ0) is 6.16. The summed E-state index contributed by atoms with van der Waals surface area (Å²) in [6.45, 7) is 0. The number of hydrogen-bond acceptors (Lipinski definition) is 3. The van der Waals surface area contributed by atoms with Gasteiger partial charge in [-0.05, 0) is 17.6 Å². The van der Waals surface area contributed by atoms with Crippen molar-refractivity contribution in [3.63, 3.8) is 0 Å². The van der Waals surface area contributed by atoms with Gasteiger partial charge in [-0.3, -0.25) is 0 Å². The van der Waals surface area contributed by atoms with Gasteiger partial charge in [-0.2, -0.15) is 11.8 Å². The minimum atomic E-state index is 0.778. The number of hydrogen-bond donors (Lipinski definition) is 0. The minimum Gasteiger partial charge on any atom is -0.161 e. The topological polar surface area (TPSA) is 0 Å². The second-order valence-electron chi connectivity index (χ2n) is 2.83. The van der Waals surface area contributed by atoms with Crippen LogP contribution in [0, 0.1) is 5.41 Å². The fraction of sp³-hybridized carbons (Fsp3) is 1.00. The maximum atomic E-state index is 2.14. The van der Waals surface area contributed by atoms with Crippen LogP contribution in [0.15, 0.2) is 0 Å². The van der Waals surface area contributed by atoms with Crippen molar-refractivity contribution in [2.24, 2.45) is 5.41 Å². The van der Waals surface area contributed by atoms with Crippen LogP contribution < -0.4 is 0 Å². The molecule has 0 N–H and O–H groups in total. The molecule has 2 heterocycles. The Morgan fingerprint density at radius 2 is 1.78 bits per heavy atom. The van der Waals surface area contributed by atoms with E-state index in [-0.39, 0.29) is 0 Å². The minimum absolute atomic E-state index is 0.778. The van der Waals surface area contributed by atoms with Crippen molar-refractivity contribution in [1.82, 2.24) is 0 Å². The average Bonchev–Trinajstić information content (AvgIpc) is 2.45. The van der Waals surface area contributed by atoms with E-state index < -0.39 is 0 Å². The van der Waals surface area contributed by atoms with Crippen molar-refractivity contribution in [1.29, 1.82) is 0 Å². The molecule has 0 atom stereocenters. The first-order chi connectivity index (χ1) is 4.41. The first-order valence-corrected chi connectivity index (χ1v) is 6.88. The molecule has 0 unspecified atom stereocenters. The van der Waals surface area contributed by atoms with Gasteiger partial charge in [0.2, 0.25) is 0 Å². The number of thioether (sulfide) groups is 1. The zero-order valence-corrected chi connectivity index (χ0v) is 7.71. The lowest BCUT2D eigenvalue weighted by molar-refractivity contribution is 0.456. The molecule has 9 heavy (non-hydrogen) atoms. The predicted octanol–water partition coefficient (Wildman–Crippen LogP) is 2.50. The Balaban J connectivity index is 2.04. The van der Waals surface area contributed by atoms with Crippen molar-refractivity contribution in [2.45, 2.75) is 6.42 Å². The lowest BCUT2D eigenvalue weighted by Crippen LogP contribution is -2.21. The monoisotopic (exact) mass is 178 g/mol. The fourth-order valence-corrected chi connectivity index (χ4v) is 6.51. The highest BCUT2D eigenvalue weighted by Gasteiger charge is 2.37. The van der Waals surface area contributed by atoms with Gasteiger partial charge in [0.1, 0.15) is 0 Å². The van der Waals surface area contributed by atoms with Crippen LogP contribution in [-0.4, -0.2) is 23.0 Å². The van der Waals surface area contributed by atoms with Crippen LogP contribution in [0.3, 0.4) is 0 Å². The third-order valence-corrected chi connectivity index (χ3v) is 6.14. The van der Waals surface area contributed by atoms with Crippen molar-refractivity contribution < 1.29 is 0 Å². The summed E-state index contributed by atoms with van der Waals surface area (Å²) in [6, 6.07) is 0. The van der Waals surface area contributed by atoms with Crippen molar-refractivity contribution in [3.8, 4) is 0 Å². The Labute approximate surface area is 68.3 Å². The summed E-state index contributed by atoms with van der Waals surface area (Å²) >= 11 is 2.14.